The molecule has 1 amide bonds. The highest BCUT2D eigenvalue weighted by molar-refractivity contribution is 7.17. The minimum absolute atomic E-state index is 0.298. The molecule has 172 valence electrons. The van der Waals surface area contributed by atoms with Crippen LogP contribution in [0.2, 0.25) is 5.02 Å². The number of halogens is 1. The summed E-state index contributed by atoms with van der Waals surface area (Å²) in [7, 11) is 2.87. The number of nitrogens with one attached hydrogen (secondary N) is 1. The summed E-state index contributed by atoms with van der Waals surface area (Å²) in [6.07, 6.45) is 3.05. The average Bonchev–Trinajstić information content (AvgIpc) is 3.13. The SMILES string of the molecule is CCOc1ccc(/C=C/C(=O)Nc2sc(C)c(-c3cccc(Cl)c3)c2C(=O)OC)cc1OC. The zero-order valence-electron chi connectivity index (χ0n) is 18.7. The van der Waals surface area contributed by atoms with Crippen molar-refractivity contribution >= 4 is 45.9 Å². The number of hydrogen-bond acceptors (Lipinski definition) is 6. The van der Waals surface area contributed by atoms with Crippen molar-refractivity contribution in [3.8, 4) is 22.6 Å². The molecule has 2 aromatic carbocycles. The maximum atomic E-state index is 12.7. The van der Waals surface area contributed by atoms with Crippen molar-refractivity contribution < 1.29 is 23.8 Å². The van der Waals surface area contributed by atoms with Gasteiger partial charge in [0.1, 0.15) is 10.6 Å². The molecule has 33 heavy (non-hydrogen) atoms. The first-order valence-corrected chi connectivity index (χ1v) is 11.3. The lowest BCUT2D eigenvalue weighted by atomic mass is 10.0. The van der Waals surface area contributed by atoms with E-state index in [2.05, 4.69) is 5.32 Å². The summed E-state index contributed by atoms with van der Waals surface area (Å²) < 4.78 is 15.8. The predicted octanol–water partition coefficient (Wildman–Crippen LogP) is 6.22. The Morgan fingerprint density at radius 3 is 2.58 bits per heavy atom. The number of anilines is 1. The molecule has 0 saturated carbocycles. The van der Waals surface area contributed by atoms with Crippen molar-refractivity contribution in [3.05, 3.63) is 69.6 Å². The number of hydrogen-bond donors (Lipinski definition) is 1. The van der Waals surface area contributed by atoms with Gasteiger partial charge in [0.25, 0.3) is 0 Å². The Kier molecular flexibility index (Phi) is 8.14. The van der Waals surface area contributed by atoms with Crippen molar-refractivity contribution in [1.29, 1.82) is 0 Å². The molecule has 0 saturated heterocycles. The van der Waals surface area contributed by atoms with Crippen LogP contribution in [-0.2, 0) is 9.53 Å². The fourth-order valence-electron chi connectivity index (χ4n) is 3.31. The van der Waals surface area contributed by atoms with Crippen LogP contribution in [0.4, 0.5) is 5.00 Å². The molecule has 8 heteroatoms. The highest BCUT2D eigenvalue weighted by Crippen LogP contribution is 2.41. The van der Waals surface area contributed by atoms with Crippen LogP contribution in [0.3, 0.4) is 0 Å². The van der Waals surface area contributed by atoms with Gasteiger partial charge >= 0.3 is 5.97 Å². The van der Waals surface area contributed by atoms with Gasteiger partial charge < -0.3 is 19.5 Å². The van der Waals surface area contributed by atoms with Gasteiger partial charge in [-0.15, -0.1) is 11.3 Å². The number of methoxy groups -OCH3 is 2. The maximum Gasteiger partial charge on any atom is 0.341 e. The smallest absolute Gasteiger partial charge is 0.341 e. The molecule has 0 bridgehead atoms. The van der Waals surface area contributed by atoms with E-state index in [-0.39, 0.29) is 5.91 Å². The van der Waals surface area contributed by atoms with E-state index in [0.29, 0.717) is 39.3 Å². The number of carbonyl (C=O) groups excluding carboxylic acids is 2. The Labute approximate surface area is 201 Å². The van der Waals surface area contributed by atoms with Gasteiger partial charge in [-0.2, -0.15) is 0 Å². The average molecular weight is 486 g/mol. The number of rotatable bonds is 8. The Balaban J connectivity index is 1.88. The molecule has 1 aromatic heterocycles. The van der Waals surface area contributed by atoms with E-state index >= 15 is 0 Å². The molecule has 0 fully saturated rings. The number of benzene rings is 2. The normalized spacial score (nSPS) is 10.8. The number of thiophene rings is 1. The fraction of sp³-hybridized carbons (Fsp3) is 0.200. The van der Waals surface area contributed by atoms with Gasteiger partial charge in [0.2, 0.25) is 5.91 Å². The second-order valence-electron chi connectivity index (χ2n) is 6.91. The van der Waals surface area contributed by atoms with Gasteiger partial charge in [-0.1, -0.05) is 29.8 Å². The van der Waals surface area contributed by atoms with Crippen LogP contribution in [0.25, 0.3) is 17.2 Å². The molecular formula is C25H24ClNO5S. The van der Waals surface area contributed by atoms with Gasteiger partial charge in [0.05, 0.1) is 20.8 Å². The minimum atomic E-state index is -0.537. The van der Waals surface area contributed by atoms with Crippen molar-refractivity contribution in [2.24, 2.45) is 0 Å². The third kappa shape index (κ3) is 5.74. The largest absolute Gasteiger partial charge is 0.493 e. The third-order valence-corrected chi connectivity index (χ3v) is 5.99. The number of aryl methyl sites for hydroxylation is 1. The van der Waals surface area contributed by atoms with E-state index in [4.69, 9.17) is 25.8 Å². The summed E-state index contributed by atoms with van der Waals surface area (Å²) in [5.74, 6) is 0.288. The lowest BCUT2D eigenvalue weighted by molar-refractivity contribution is -0.111. The summed E-state index contributed by atoms with van der Waals surface area (Å²) >= 11 is 7.45. The number of carbonyl (C=O) groups is 2. The predicted molar refractivity (Wildman–Crippen MR) is 133 cm³/mol. The molecule has 0 aliphatic heterocycles. The van der Waals surface area contributed by atoms with Crippen molar-refractivity contribution in [3.63, 3.8) is 0 Å². The standard InChI is InChI=1S/C25H24ClNO5S/c1-5-32-19-11-9-16(13-20(19)30-3)10-12-21(28)27-24-23(25(29)31-4)22(15(2)33-24)17-7-6-8-18(26)14-17/h6-14H,5H2,1-4H3,(H,27,28)/b12-10+. The molecule has 1 heterocycles. The highest BCUT2D eigenvalue weighted by Gasteiger charge is 2.25. The van der Waals surface area contributed by atoms with E-state index < -0.39 is 5.97 Å². The first kappa shape index (κ1) is 24.4. The van der Waals surface area contributed by atoms with Gasteiger partial charge in [-0.05, 0) is 55.3 Å². The second-order valence-corrected chi connectivity index (χ2v) is 8.57. The van der Waals surface area contributed by atoms with Crippen LogP contribution in [0.5, 0.6) is 11.5 Å². The highest BCUT2D eigenvalue weighted by atomic mass is 35.5. The van der Waals surface area contributed by atoms with Gasteiger partial charge in [0.15, 0.2) is 11.5 Å². The van der Waals surface area contributed by atoms with Crippen LogP contribution in [-0.4, -0.2) is 32.7 Å². The zero-order chi connectivity index (χ0) is 24.0. The lowest BCUT2D eigenvalue weighted by Crippen LogP contribution is -2.11. The molecule has 6 nitrogen and oxygen atoms in total. The summed E-state index contributed by atoms with van der Waals surface area (Å²) in [5.41, 5.74) is 2.52. The molecule has 0 radical (unpaired) electrons. The molecule has 1 N–H and O–H groups in total. The Hall–Kier alpha value is -3.29. The van der Waals surface area contributed by atoms with Crippen LogP contribution in [0.1, 0.15) is 27.7 Å². The molecule has 3 rings (SSSR count). The first-order valence-electron chi connectivity index (χ1n) is 10.2. The van der Waals surface area contributed by atoms with Gasteiger partial charge in [0, 0.05) is 21.5 Å². The lowest BCUT2D eigenvalue weighted by Gasteiger charge is -2.09. The van der Waals surface area contributed by atoms with Crippen molar-refractivity contribution in [2.45, 2.75) is 13.8 Å². The van der Waals surface area contributed by atoms with Crippen molar-refractivity contribution in [1.82, 2.24) is 0 Å². The molecular weight excluding hydrogens is 462 g/mol. The molecule has 0 unspecified atom stereocenters. The number of ether oxygens (including phenoxy) is 3. The summed E-state index contributed by atoms with van der Waals surface area (Å²) in [6, 6.07) is 12.6. The molecule has 0 aliphatic carbocycles. The Morgan fingerprint density at radius 2 is 1.91 bits per heavy atom. The summed E-state index contributed by atoms with van der Waals surface area (Å²) in [6.45, 7) is 4.29. The molecule has 0 atom stereocenters. The maximum absolute atomic E-state index is 12.7. The second kappa shape index (κ2) is 11.0. The monoisotopic (exact) mass is 485 g/mol. The van der Waals surface area contributed by atoms with Crippen LogP contribution in [0, 0.1) is 6.92 Å². The van der Waals surface area contributed by atoms with Gasteiger partial charge in [-0.3, -0.25) is 4.79 Å². The van der Waals surface area contributed by atoms with Crippen LogP contribution < -0.4 is 14.8 Å². The van der Waals surface area contributed by atoms with E-state index in [1.54, 1.807) is 37.5 Å². The minimum Gasteiger partial charge on any atom is -0.493 e. The third-order valence-electron chi connectivity index (χ3n) is 4.74. The van der Waals surface area contributed by atoms with Crippen LogP contribution >= 0.6 is 22.9 Å². The summed E-state index contributed by atoms with van der Waals surface area (Å²) in [4.78, 5) is 26.1. The molecule has 0 aliphatic rings. The van der Waals surface area contributed by atoms with Crippen molar-refractivity contribution in [2.75, 3.05) is 26.1 Å². The van der Waals surface area contributed by atoms with E-state index in [9.17, 15) is 9.59 Å². The summed E-state index contributed by atoms with van der Waals surface area (Å²) in [5, 5.41) is 3.76. The number of amides is 1. The first-order chi connectivity index (χ1) is 15.9. The van der Waals surface area contributed by atoms with E-state index in [1.165, 1.54) is 24.5 Å². The molecule has 0 spiro atoms. The quantitative estimate of drug-likeness (QED) is 0.302. The van der Waals surface area contributed by atoms with E-state index in [0.717, 1.165) is 16.0 Å². The Bertz CT molecular complexity index is 1200. The van der Waals surface area contributed by atoms with E-state index in [1.807, 2.05) is 32.0 Å². The van der Waals surface area contributed by atoms with Gasteiger partial charge in [-0.25, -0.2) is 4.79 Å². The molecule has 3 aromatic rings. The van der Waals surface area contributed by atoms with Crippen LogP contribution in [0.15, 0.2) is 48.5 Å². The zero-order valence-corrected chi connectivity index (χ0v) is 20.3. The number of esters is 1. The fourth-order valence-corrected chi connectivity index (χ4v) is 4.57. The Morgan fingerprint density at radius 1 is 1.12 bits per heavy atom. The topological polar surface area (TPSA) is 73.9 Å².